The van der Waals surface area contributed by atoms with Crippen molar-refractivity contribution in [2.75, 3.05) is 21.3 Å². The Kier molecular flexibility index (Phi) is 32.6. The number of esters is 3. The highest BCUT2D eigenvalue weighted by Gasteiger charge is 2.20. The standard InChI is InChI=1S/C25H18N2O2.C17H13IN2O2.C16H13IN2O4.C9H8O4.C9H8.C7H5IO2/c28-25(29)21-14-12-20(13-15-21)23-17-24(27-26-23)22-11-5-10-19(16-22)9-4-8-18-6-2-1-3-7-18;1-22-17(21)12-7-5-11(6-8-12)15-10-16(20-19-15)13-3-2-4-14(18)9-13;1-23-16(22)11-7-5-10(6-8-11)14(20)18-19-15(21)12-3-2-4-13(17)9-12;1-13-9(12)7-4-2-6(3-5-7)8(10)11;1-2-6-9-7-4-3-5-8-9;8-6-3-1-2-5(4-6)7(9)10/h1-3,5-7,10-16H,8,17H2,(H,28,29);2-9H,10H2,1H3;2-9H,1H3,(H,18,20)(H,19,21);2-5H,1H3,(H,10,11);1,3-5,7-8H,6H2;1-4H,(H,9,10). The van der Waals surface area contributed by atoms with E-state index in [9.17, 15) is 38.4 Å². The Morgan fingerprint density at radius 2 is 0.708 bits per heavy atom. The van der Waals surface area contributed by atoms with Gasteiger partial charge in [0.15, 0.2) is 0 Å². The largest absolute Gasteiger partial charge is 0.478 e. The molecule has 12 rings (SSSR count). The van der Waals surface area contributed by atoms with Crippen molar-refractivity contribution >= 4 is 138 Å². The summed E-state index contributed by atoms with van der Waals surface area (Å²) in [5.74, 6) is 4.00. The second-order valence-electron chi connectivity index (χ2n) is 22.1. The molecule has 2 aliphatic heterocycles. The van der Waals surface area contributed by atoms with E-state index in [0.29, 0.717) is 52.6 Å². The summed E-state index contributed by atoms with van der Waals surface area (Å²) in [4.78, 5) is 89.3. The summed E-state index contributed by atoms with van der Waals surface area (Å²) in [7, 11) is 3.93. The highest BCUT2D eigenvalue weighted by Crippen LogP contribution is 2.21. The Morgan fingerprint density at radius 3 is 1.11 bits per heavy atom. The monoisotopic (exact) mass is 1750 g/mol. The number of carbonyl (C=O) groups is 8. The normalized spacial score (nSPS) is 11.1. The number of nitrogens with zero attached hydrogens (tertiary/aromatic N) is 4. The molecule has 0 radical (unpaired) electrons. The molecule has 0 saturated heterocycles. The van der Waals surface area contributed by atoms with Crippen LogP contribution < -0.4 is 10.9 Å². The second-order valence-corrected chi connectivity index (χ2v) is 25.8. The number of carboxylic acid groups (broad SMARTS) is 3. The van der Waals surface area contributed by atoms with E-state index in [1.165, 1.54) is 84.6 Å². The lowest BCUT2D eigenvalue weighted by molar-refractivity contribution is 0.0591. The first-order valence-electron chi connectivity index (χ1n) is 31.8. The number of rotatable bonds is 14. The summed E-state index contributed by atoms with van der Waals surface area (Å²) in [6.07, 6.45) is 7.86. The average molecular weight is 1750 g/mol. The minimum atomic E-state index is -1.02. The third kappa shape index (κ3) is 26.3. The smallest absolute Gasteiger partial charge is 0.337 e. The Labute approximate surface area is 652 Å². The number of methoxy groups -OCH3 is 3. The molecule has 0 bridgehead atoms. The zero-order chi connectivity index (χ0) is 76.3. The molecular weight excluding hydrogens is 1690 g/mol. The van der Waals surface area contributed by atoms with Gasteiger partial charge in [0.05, 0.1) is 77.6 Å². The van der Waals surface area contributed by atoms with Gasteiger partial charge in [-0.2, -0.15) is 20.4 Å². The molecule has 0 aliphatic carbocycles. The van der Waals surface area contributed by atoms with E-state index < -0.39 is 41.7 Å². The predicted octanol–water partition coefficient (Wildman–Crippen LogP) is 15.4. The minimum Gasteiger partial charge on any atom is -0.478 e. The lowest BCUT2D eigenvalue weighted by Gasteiger charge is -2.08. The summed E-state index contributed by atoms with van der Waals surface area (Å²) in [5.41, 5.74) is 18.2. The number of amides is 2. The van der Waals surface area contributed by atoms with Crippen LogP contribution in [-0.2, 0) is 27.1 Å². The summed E-state index contributed by atoms with van der Waals surface area (Å²) in [6, 6.07) is 75.5. The summed E-state index contributed by atoms with van der Waals surface area (Å²) in [6.45, 7) is 0. The van der Waals surface area contributed by atoms with Crippen molar-refractivity contribution in [3.05, 3.63) is 349 Å². The van der Waals surface area contributed by atoms with Gasteiger partial charge in [0.1, 0.15) is 0 Å². The molecule has 0 unspecified atom stereocenters. The van der Waals surface area contributed by atoms with E-state index in [1.54, 1.807) is 72.8 Å². The first-order chi connectivity index (χ1) is 51.1. The molecule has 2 heterocycles. The maximum atomic E-state index is 12.0. The van der Waals surface area contributed by atoms with Crippen molar-refractivity contribution in [2.45, 2.75) is 25.7 Å². The molecule has 0 saturated carbocycles. The molecule has 10 aromatic carbocycles. The maximum Gasteiger partial charge on any atom is 0.337 e. The van der Waals surface area contributed by atoms with Crippen molar-refractivity contribution in [1.29, 1.82) is 0 Å². The quantitative estimate of drug-likeness (QED) is 0.0222. The highest BCUT2D eigenvalue weighted by atomic mass is 127. The van der Waals surface area contributed by atoms with Crippen LogP contribution in [0.4, 0.5) is 0 Å². The summed E-state index contributed by atoms with van der Waals surface area (Å²) < 4.78 is 16.8. The lowest BCUT2D eigenvalue weighted by Crippen LogP contribution is -2.41. The number of benzene rings is 10. The molecule has 20 nitrogen and oxygen atoms in total. The molecule has 23 heteroatoms. The first-order valence-corrected chi connectivity index (χ1v) is 35.0. The lowest BCUT2D eigenvalue weighted by atomic mass is 9.99. The number of nitrogens with one attached hydrogen (secondary N) is 2. The predicted molar refractivity (Wildman–Crippen MR) is 431 cm³/mol. The van der Waals surface area contributed by atoms with Crippen LogP contribution in [0.5, 0.6) is 0 Å². The SMILES string of the molecule is C#CCc1ccccc1.COC(=O)c1ccc(C(=O)NNC(=O)c2cccc(I)c2)cc1.COC(=O)c1ccc(C(=O)O)cc1.COC(=O)c1ccc(C2=NN=C(c3cccc(I)c3)C2)cc1.O=C(O)c1ccc(C2=NN=C(c3cccc(C#CCc4ccccc4)c3)C2)cc1.O=C(O)c1cccc(I)c1. The fourth-order valence-corrected chi connectivity index (χ4v) is 10.9. The third-order valence-corrected chi connectivity index (χ3v) is 16.8. The number of carboxylic acids is 3. The Balaban J connectivity index is 0.000000186. The van der Waals surface area contributed by atoms with Gasteiger partial charge in [-0.05, 0) is 235 Å². The van der Waals surface area contributed by atoms with E-state index in [1.807, 2.05) is 115 Å². The molecule has 2 aliphatic rings. The fraction of sp³-hybridized carbons (Fsp3) is 0.0843. The van der Waals surface area contributed by atoms with Crippen molar-refractivity contribution in [3.63, 3.8) is 0 Å². The van der Waals surface area contributed by atoms with Gasteiger partial charge in [-0.15, -0.1) is 12.3 Å². The van der Waals surface area contributed by atoms with Gasteiger partial charge in [0.2, 0.25) is 0 Å². The molecule has 0 spiro atoms. The molecule has 2 amide bonds. The number of halogens is 3. The summed E-state index contributed by atoms with van der Waals surface area (Å²) in [5, 5.41) is 43.3. The van der Waals surface area contributed by atoms with E-state index in [4.69, 9.17) is 26.5 Å². The second kappa shape index (κ2) is 42.5. The molecule has 0 atom stereocenters. The number of terminal acetylenes is 1. The highest BCUT2D eigenvalue weighted by molar-refractivity contribution is 14.1. The third-order valence-electron chi connectivity index (χ3n) is 14.8. The van der Waals surface area contributed by atoms with Gasteiger partial charge in [-0.3, -0.25) is 20.4 Å². The zero-order valence-electron chi connectivity index (χ0n) is 56.9. The van der Waals surface area contributed by atoms with Crippen LogP contribution in [0.15, 0.2) is 275 Å². The number of carbonyl (C=O) groups excluding carboxylic acids is 5. The molecule has 106 heavy (non-hydrogen) atoms. The first kappa shape index (κ1) is 81.3. The van der Waals surface area contributed by atoms with Crippen molar-refractivity contribution < 1.29 is 67.9 Å². The topological polar surface area (TPSA) is 298 Å². The van der Waals surface area contributed by atoms with Crippen LogP contribution in [0.3, 0.4) is 0 Å². The van der Waals surface area contributed by atoms with Gasteiger partial charge in [0.25, 0.3) is 11.8 Å². The van der Waals surface area contributed by atoms with Crippen LogP contribution in [0, 0.1) is 34.9 Å². The minimum absolute atomic E-state index is 0.146. The number of hydrogen-bond acceptors (Lipinski definition) is 15. The van der Waals surface area contributed by atoms with Crippen molar-refractivity contribution in [3.8, 4) is 24.2 Å². The van der Waals surface area contributed by atoms with Gasteiger partial charge in [-0.25, -0.2) is 28.8 Å². The van der Waals surface area contributed by atoms with Gasteiger partial charge in [-0.1, -0.05) is 133 Å². The Morgan fingerprint density at radius 1 is 0.368 bits per heavy atom. The van der Waals surface area contributed by atoms with Crippen LogP contribution in [0.25, 0.3) is 0 Å². The van der Waals surface area contributed by atoms with Crippen LogP contribution in [0.1, 0.15) is 135 Å². The van der Waals surface area contributed by atoms with Gasteiger partial charge in [0, 0.05) is 53.1 Å². The summed E-state index contributed by atoms with van der Waals surface area (Å²) >= 11 is 6.46. The van der Waals surface area contributed by atoms with Crippen LogP contribution in [-0.4, -0.2) is 107 Å². The van der Waals surface area contributed by atoms with E-state index in [0.717, 1.165) is 64.2 Å². The molecule has 10 aromatic rings. The Bertz CT molecular complexity index is 5010. The number of hydrogen-bond donors (Lipinski definition) is 5. The molecule has 0 fully saturated rings. The van der Waals surface area contributed by atoms with Gasteiger partial charge >= 0.3 is 35.8 Å². The number of hydrazine groups is 1. The Hall–Kier alpha value is -12.1. The van der Waals surface area contributed by atoms with Crippen LogP contribution >= 0.6 is 67.8 Å². The average Bonchev–Trinajstić information content (AvgIpc) is 1.69. The number of aromatic carboxylic acids is 3. The van der Waals surface area contributed by atoms with Crippen molar-refractivity contribution in [2.24, 2.45) is 20.4 Å². The van der Waals surface area contributed by atoms with E-state index in [2.05, 4.69) is 144 Å². The molecular formula is C83H65I3N6O14. The molecule has 5 N–H and O–H groups in total. The fourth-order valence-electron chi connectivity index (χ4n) is 9.31. The molecule has 532 valence electrons. The van der Waals surface area contributed by atoms with Crippen molar-refractivity contribution in [1.82, 2.24) is 10.9 Å². The van der Waals surface area contributed by atoms with E-state index >= 15 is 0 Å². The van der Waals surface area contributed by atoms with Crippen LogP contribution in [0.2, 0.25) is 0 Å². The molecule has 0 aromatic heterocycles. The number of ether oxygens (including phenoxy) is 3. The van der Waals surface area contributed by atoms with Gasteiger partial charge < -0.3 is 29.5 Å². The van der Waals surface area contributed by atoms with E-state index in [-0.39, 0.29) is 17.1 Å². The zero-order valence-corrected chi connectivity index (χ0v) is 63.4. The maximum absolute atomic E-state index is 12.0.